The van der Waals surface area contributed by atoms with Gasteiger partial charge in [0.15, 0.2) is 5.60 Å². The molecule has 33 heavy (non-hydrogen) atoms. The van der Waals surface area contributed by atoms with Gasteiger partial charge in [-0.05, 0) is 23.4 Å². The SMILES string of the molecule is O=C(c1nccc2ccccc12)N1CCOC2(CC=CCN(CCc3ccccc3)C2=O)C1. The smallest absolute Gasteiger partial charge is 0.273 e. The lowest BCUT2D eigenvalue weighted by atomic mass is 9.95. The Morgan fingerprint density at radius 3 is 2.73 bits per heavy atom. The van der Waals surface area contributed by atoms with E-state index in [-0.39, 0.29) is 18.4 Å². The number of pyridine rings is 1. The second-order valence-electron chi connectivity index (χ2n) is 8.61. The Kier molecular flexibility index (Phi) is 5.92. The van der Waals surface area contributed by atoms with E-state index in [9.17, 15) is 9.59 Å². The zero-order chi connectivity index (χ0) is 22.7. The molecule has 2 aliphatic rings. The van der Waals surface area contributed by atoms with Crippen molar-refractivity contribution >= 4 is 22.6 Å². The van der Waals surface area contributed by atoms with E-state index in [1.807, 2.05) is 65.6 Å². The van der Waals surface area contributed by atoms with Gasteiger partial charge in [-0.2, -0.15) is 0 Å². The zero-order valence-electron chi connectivity index (χ0n) is 18.5. The third-order valence-electron chi connectivity index (χ3n) is 6.48. The van der Waals surface area contributed by atoms with Crippen LogP contribution in [0, 0.1) is 0 Å². The molecule has 0 N–H and O–H groups in total. The maximum atomic E-state index is 13.7. The number of morpholine rings is 1. The molecule has 2 aromatic carbocycles. The molecule has 6 nitrogen and oxygen atoms in total. The van der Waals surface area contributed by atoms with Crippen LogP contribution in [0.1, 0.15) is 22.5 Å². The second-order valence-corrected chi connectivity index (χ2v) is 8.61. The Hall–Kier alpha value is -3.51. The molecule has 2 aliphatic heterocycles. The van der Waals surface area contributed by atoms with E-state index in [0.29, 0.717) is 38.4 Å². The van der Waals surface area contributed by atoms with Crippen LogP contribution in [0.4, 0.5) is 0 Å². The highest BCUT2D eigenvalue weighted by molar-refractivity contribution is 6.05. The summed E-state index contributed by atoms with van der Waals surface area (Å²) in [5.41, 5.74) is 0.556. The van der Waals surface area contributed by atoms with E-state index >= 15 is 0 Å². The first-order chi connectivity index (χ1) is 16.2. The molecule has 2 amide bonds. The van der Waals surface area contributed by atoms with E-state index in [1.165, 1.54) is 5.56 Å². The lowest BCUT2D eigenvalue weighted by Crippen LogP contribution is -2.61. The highest BCUT2D eigenvalue weighted by Gasteiger charge is 2.47. The summed E-state index contributed by atoms with van der Waals surface area (Å²) in [7, 11) is 0. The maximum Gasteiger partial charge on any atom is 0.273 e. The summed E-state index contributed by atoms with van der Waals surface area (Å²) in [4.78, 5) is 35.1. The molecule has 0 aliphatic carbocycles. The summed E-state index contributed by atoms with van der Waals surface area (Å²) in [6.45, 7) is 2.14. The molecule has 1 unspecified atom stereocenters. The van der Waals surface area contributed by atoms with Crippen molar-refractivity contribution in [3.63, 3.8) is 0 Å². The number of benzene rings is 2. The van der Waals surface area contributed by atoms with Gasteiger partial charge in [0.1, 0.15) is 5.69 Å². The van der Waals surface area contributed by atoms with Crippen LogP contribution in [-0.2, 0) is 16.0 Å². The van der Waals surface area contributed by atoms with Gasteiger partial charge in [0.05, 0.1) is 13.2 Å². The summed E-state index contributed by atoms with van der Waals surface area (Å²) in [5.74, 6) is -0.210. The molecular formula is C27H27N3O3. The first-order valence-electron chi connectivity index (χ1n) is 11.4. The highest BCUT2D eigenvalue weighted by Crippen LogP contribution is 2.29. The number of ether oxygens (including phenoxy) is 1. The van der Waals surface area contributed by atoms with Gasteiger partial charge in [-0.3, -0.25) is 14.6 Å². The number of hydrogen-bond donors (Lipinski definition) is 0. The van der Waals surface area contributed by atoms with E-state index < -0.39 is 5.60 Å². The van der Waals surface area contributed by atoms with Crippen molar-refractivity contribution in [3.8, 4) is 0 Å². The van der Waals surface area contributed by atoms with Gasteiger partial charge in [0.25, 0.3) is 11.8 Å². The van der Waals surface area contributed by atoms with Crippen molar-refractivity contribution in [1.29, 1.82) is 0 Å². The molecular weight excluding hydrogens is 414 g/mol. The lowest BCUT2D eigenvalue weighted by Gasteiger charge is -2.42. The quantitative estimate of drug-likeness (QED) is 0.582. The van der Waals surface area contributed by atoms with E-state index in [4.69, 9.17) is 4.74 Å². The lowest BCUT2D eigenvalue weighted by molar-refractivity contribution is -0.166. The van der Waals surface area contributed by atoms with Crippen molar-refractivity contribution in [2.75, 3.05) is 32.8 Å². The molecule has 1 fully saturated rings. The number of nitrogens with zero attached hydrogens (tertiary/aromatic N) is 3. The maximum absolute atomic E-state index is 13.7. The Morgan fingerprint density at radius 2 is 1.85 bits per heavy atom. The van der Waals surface area contributed by atoms with Gasteiger partial charge in [-0.25, -0.2) is 0 Å². The van der Waals surface area contributed by atoms with Gasteiger partial charge in [-0.1, -0.05) is 66.7 Å². The Bertz CT molecular complexity index is 1190. The van der Waals surface area contributed by atoms with Crippen LogP contribution in [0.5, 0.6) is 0 Å². The summed E-state index contributed by atoms with van der Waals surface area (Å²) in [5, 5.41) is 1.79. The van der Waals surface area contributed by atoms with E-state index in [0.717, 1.165) is 17.2 Å². The highest BCUT2D eigenvalue weighted by atomic mass is 16.5. The van der Waals surface area contributed by atoms with Gasteiger partial charge in [0.2, 0.25) is 0 Å². The minimum atomic E-state index is -1.05. The molecule has 6 heteroatoms. The van der Waals surface area contributed by atoms with Crippen LogP contribution in [0.3, 0.4) is 0 Å². The summed E-state index contributed by atoms with van der Waals surface area (Å²) in [6.07, 6.45) is 6.93. The number of aromatic nitrogens is 1. The van der Waals surface area contributed by atoms with Gasteiger partial charge >= 0.3 is 0 Å². The normalized spacial score (nSPS) is 20.9. The van der Waals surface area contributed by atoms with Crippen molar-refractivity contribution in [1.82, 2.24) is 14.8 Å². The molecule has 3 heterocycles. The fourth-order valence-electron chi connectivity index (χ4n) is 4.69. The number of carbonyl (C=O) groups is 2. The van der Waals surface area contributed by atoms with E-state index in [1.54, 1.807) is 11.1 Å². The molecule has 0 radical (unpaired) electrons. The number of fused-ring (bicyclic) bond motifs is 1. The van der Waals surface area contributed by atoms with Crippen LogP contribution < -0.4 is 0 Å². The Labute approximate surface area is 193 Å². The first-order valence-corrected chi connectivity index (χ1v) is 11.4. The van der Waals surface area contributed by atoms with Crippen LogP contribution in [0.2, 0.25) is 0 Å². The summed E-state index contributed by atoms with van der Waals surface area (Å²) >= 11 is 0. The molecule has 1 spiro atoms. The molecule has 0 bridgehead atoms. The minimum absolute atomic E-state index is 0.0492. The largest absolute Gasteiger partial charge is 0.361 e. The average molecular weight is 442 g/mol. The molecule has 0 saturated carbocycles. The van der Waals surface area contributed by atoms with Crippen LogP contribution in [0.15, 0.2) is 79.0 Å². The molecule has 1 saturated heterocycles. The summed E-state index contributed by atoms with van der Waals surface area (Å²) in [6, 6.07) is 19.8. The van der Waals surface area contributed by atoms with Gasteiger partial charge in [-0.15, -0.1) is 0 Å². The van der Waals surface area contributed by atoms with Crippen molar-refractivity contribution in [3.05, 3.63) is 90.3 Å². The monoisotopic (exact) mass is 441 g/mol. The predicted molar refractivity (Wildman–Crippen MR) is 127 cm³/mol. The fraction of sp³-hybridized carbons (Fsp3) is 0.296. The average Bonchev–Trinajstić information content (AvgIpc) is 3.01. The van der Waals surface area contributed by atoms with E-state index in [2.05, 4.69) is 17.1 Å². The van der Waals surface area contributed by atoms with Gasteiger partial charge in [0, 0.05) is 37.6 Å². The third-order valence-corrected chi connectivity index (χ3v) is 6.48. The third kappa shape index (κ3) is 4.26. The zero-order valence-corrected chi connectivity index (χ0v) is 18.5. The fourth-order valence-corrected chi connectivity index (χ4v) is 4.69. The summed E-state index contributed by atoms with van der Waals surface area (Å²) < 4.78 is 6.13. The minimum Gasteiger partial charge on any atom is -0.361 e. The Balaban J connectivity index is 1.37. The second kappa shape index (κ2) is 9.16. The van der Waals surface area contributed by atoms with Crippen molar-refractivity contribution in [2.24, 2.45) is 0 Å². The molecule has 168 valence electrons. The number of carbonyl (C=O) groups excluding carboxylic acids is 2. The van der Waals surface area contributed by atoms with Crippen LogP contribution in [0.25, 0.3) is 10.8 Å². The number of hydrogen-bond acceptors (Lipinski definition) is 4. The molecule has 1 aromatic heterocycles. The number of rotatable bonds is 4. The predicted octanol–water partition coefficient (Wildman–Crippen LogP) is 3.48. The standard InChI is InChI=1S/C27H27N3O3/c31-25(24-23-11-5-4-10-22(23)12-15-28-24)30-18-19-33-27(20-30)14-6-7-16-29(26(27)32)17-13-21-8-2-1-3-9-21/h1-12,15H,13-14,16-20H2. The van der Waals surface area contributed by atoms with Gasteiger partial charge < -0.3 is 14.5 Å². The molecule has 1 atom stereocenters. The molecule has 3 aromatic rings. The Morgan fingerprint density at radius 1 is 1.03 bits per heavy atom. The first kappa shape index (κ1) is 21.3. The van der Waals surface area contributed by atoms with Crippen molar-refractivity contribution < 1.29 is 14.3 Å². The van der Waals surface area contributed by atoms with Crippen LogP contribution in [-0.4, -0.2) is 65.0 Å². The topological polar surface area (TPSA) is 62.7 Å². The van der Waals surface area contributed by atoms with Crippen molar-refractivity contribution in [2.45, 2.75) is 18.4 Å². The van der Waals surface area contributed by atoms with Crippen LogP contribution >= 0.6 is 0 Å². The molecule has 5 rings (SSSR count). The number of amides is 2.